The molecule has 3 aromatic rings. The van der Waals surface area contributed by atoms with Crippen molar-refractivity contribution in [1.82, 2.24) is 9.55 Å². The molecule has 0 bridgehead atoms. The van der Waals surface area contributed by atoms with Crippen LogP contribution >= 0.6 is 15.9 Å². The van der Waals surface area contributed by atoms with E-state index in [0.29, 0.717) is 11.9 Å². The number of rotatable bonds is 3. The van der Waals surface area contributed by atoms with E-state index in [1.807, 2.05) is 23.6 Å². The molecule has 0 saturated carbocycles. The van der Waals surface area contributed by atoms with Gasteiger partial charge in [0, 0.05) is 34.2 Å². The van der Waals surface area contributed by atoms with Crippen molar-refractivity contribution in [3.63, 3.8) is 0 Å². The van der Waals surface area contributed by atoms with E-state index in [4.69, 9.17) is 4.74 Å². The van der Waals surface area contributed by atoms with E-state index in [9.17, 15) is 9.59 Å². The molecule has 3 rings (SSSR count). The SMILES string of the molecule is CCOC(=O)c1cn(CC)c2c(cc(Br)c3cccnc32)c1=O. The molecule has 0 saturated heterocycles. The van der Waals surface area contributed by atoms with Crippen molar-refractivity contribution >= 4 is 43.7 Å². The Morgan fingerprint density at radius 3 is 2.83 bits per heavy atom. The van der Waals surface area contributed by atoms with Crippen LogP contribution in [-0.4, -0.2) is 22.1 Å². The number of halogens is 1. The zero-order valence-corrected chi connectivity index (χ0v) is 14.4. The highest BCUT2D eigenvalue weighted by atomic mass is 79.9. The van der Waals surface area contributed by atoms with E-state index in [2.05, 4.69) is 20.9 Å². The molecule has 0 radical (unpaired) electrons. The summed E-state index contributed by atoms with van der Waals surface area (Å²) in [5.41, 5.74) is 1.16. The third kappa shape index (κ3) is 2.53. The molecule has 2 heterocycles. The molecule has 118 valence electrons. The smallest absolute Gasteiger partial charge is 0.343 e. The Morgan fingerprint density at radius 1 is 1.35 bits per heavy atom. The maximum absolute atomic E-state index is 12.7. The van der Waals surface area contributed by atoms with E-state index < -0.39 is 5.97 Å². The summed E-state index contributed by atoms with van der Waals surface area (Å²) >= 11 is 3.49. The van der Waals surface area contributed by atoms with Gasteiger partial charge in [-0.25, -0.2) is 4.79 Å². The third-order valence-electron chi connectivity index (χ3n) is 3.71. The second-order valence-corrected chi connectivity index (χ2v) is 5.89. The number of carbonyl (C=O) groups excluding carboxylic acids is 1. The van der Waals surface area contributed by atoms with Crippen LogP contribution < -0.4 is 5.43 Å². The molecule has 6 heteroatoms. The van der Waals surface area contributed by atoms with Crippen LogP contribution in [0.25, 0.3) is 21.8 Å². The van der Waals surface area contributed by atoms with Crippen molar-refractivity contribution < 1.29 is 9.53 Å². The van der Waals surface area contributed by atoms with E-state index in [0.717, 1.165) is 20.9 Å². The fourth-order valence-corrected chi connectivity index (χ4v) is 3.23. The van der Waals surface area contributed by atoms with Crippen molar-refractivity contribution in [3.05, 3.63) is 50.9 Å². The van der Waals surface area contributed by atoms with Gasteiger partial charge in [0.1, 0.15) is 5.56 Å². The summed E-state index contributed by atoms with van der Waals surface area (Å²) in [5.74, 6) is -0.598. The molecule has 1 aromatic carbocycles. The minimum Gasteiger partial charge on any atom is -0.462 e. The summed E-state index contributed by atoms with van der Waals surface area (Å²) in [6, 6.07) is 5.53. The Balaban J connectivity index is 2.48. The molecular formula is C17H15BrN2O3. The van der Waals surface area contributed by atoms with Crippen LogP contribution in [0.2, 0.25) is 0 Å². The Bertz CT molecular complexity index is 979. The molecule has 0 spiro atoms. The number of carbonyl (C=O) groups is 1. The first-order chi connectivity index (χ1) is 11.1. The Kier molecular flexibility index (Phi) is 4.17. The average molecular weight is 375 g/mol. The molecular weight excluding hydrogens is 360 g/mol. The summed E-state index contributed by atoms with van der Waals surface area (Å²) in [5, 5.41) is 1.38. The fourth-order valence-electron chi connectivity index (χ4n) is 2.68. The fraction of sp³-hybridized carbons (Fsp3) is 0.235. The minimum atomic E-state index is -0.598. The molecule has 0 amide bonds. The van der Waals surface area contributed by atoms with Crippen molar-refractivity contribution in [3.8, 4) is 0 Å². The summed E-state index contributed by atoms with van der Waals surface area (Å²) in [6.07, 6.45) is 3.25. The molecule has 0 aliphatic heterocycles. The van der Waals surface area contributed by atoms with Crippen LogP contribution in [0.3, 0.4) is 0 Å². The van der Waals surface area contributed by atoms with Crippen LogP contribution in [0.15, 0.2) is 39.9 Å². The van der Waals surface area contributed by atoms with Gasteiger partial charge in [-0.15, -0.1) is 0 Å². The Hall–Kier alpha value is -2.21. The van der Waals surface area contributed by atoms with Gasteiger partial charge in [-0.2, -0.15) is 0 Å². The van der Waals surface area contributed by atoms with Gasteiger partial charge in [-0.1, -0.05) is 22.0 Å². The highest BCUT2D eigenvalue weighted by Crippen LogP contribution is 2.29. The number of esters is 1. The summed E-state index contributed by atoms with van der Waals surface area (Å²) in [4.78, 5) is 29.2. The maximum atomic E-state index is 12.7. The van der Waals surface area contributed by atoms with E-state index in [1.54, 1.807) is 25.4 Å². The van der Waals surface area contributed by atoms with E-state index >= 15 is 0 Å². The second-order valence-electron chi connectivity index (χ2n) is 5.03. The molecule has 2 aromatic heterocycles. The first-order valence-electron chi connectivity index (χ1n) is 7.36. The lowest BCUT2D eigenvalue weighted by atomic mass is 10.1. The minimum absolute atomic E-state index is 0.0448. The largest absolute Gasteiger partial charge is 0.462 e. The molecule has 0 fully saturated rings. The number of hydrogen-bond acceptors (Lipinski definition) is 4. The number of hydrogen-bond donors (Lipinski definition) is 0. The van der Waals surface area contributed by atoms with Gasteiger partial charge >= 0.3 is 5.97 Å². The lowest BCUT2D eigenvalue weighted by molar-refractivity contribution is 0.0524. The number of aromatic nitrogens is 2. The first kappa shape index (κ1) is 15.7. The van der Waals surface area contributed by atoms with E-state index in [1.165, 1.54) is 0 Å². The molecule has 0 unspecified atom stereocenters. The van der Waals surface area contributed by atoms with Gasteiger partial charge < -0.3 is 9.30 Å². The molecule has 23 heavy (non-hydrogen) atoms. The highest BCUT2D eigenvalue weighted by Gasteiger charge is 2.19. The zero-order chi connectivity index (χ0) is 16.6. The zero-order valence-electron chi connectivity index (χ0n) is 12.8. The number of benzene rings is 1. The Morgan fingerprint density at radius 2 is 2.13 bits per heavy atom. The Labute approximate surface area is 141 Å². The van der Waals surface area contributed by atoms with E-state index in [-0.39, 0.29) is 17.6 Å². The van der Waals surface area contributed by atoms with Crippen molar-refractivity contribution in [2.45, 2.75) is 20.4 Å². The monoisotopic (exact) mass is 374 g/mol. The molecule has 0 aliphatic rings. The van der Waals surface area contributed by atoms with Crippen LogP contribution in [0.1, 0.15) is 24.2 Å². The van der Waals surface area contributed by atoms with Gasteiger partial charge in [-0.3, -0.25) is 9.78 Å². The summed E-state index contributed by atoms with van der Waals surface area (Å²) in [6.45, 7) is 4.50. The predicted molar refractivity (Wildman–Crippen MR) is 92.8 cm³/mol. The summed E-state index contributed by atoms with van der Waals surface area (Å²) in [7, 11) is 0. The third-order valence-corrected chi connectivity index (χ3v) is 4.37. The number of aryl methyl sites for hydroxylation is 1. The molecule has 0 N–H and O–H groups in total. The van der Waals surface area contributed by atoms with Crippen molar-refractivity contribution in [2.75, 3.05) is 6.61 Å². The molecule has 5 nitrogen and oxygen atoms in total. The van der Waals surface area contributed by atoms with Gasteiger partial charge in [0.05, 0.1) is 17.6 Å². The van der Waals surface area contributed by atoms with Crippen molar-refractivity contribution in [2.24, 2.45) is 0 Å². The van der Waals surface area contributed by atoms with Gasteiger partial charge in [0.2, 0.25) is 5.43 Å². The van der Waals surface area contributed by atoms with Crippen LogP contribution in [0.4, 0.5) is 0 Å². The molecule has 0 aliphatic carbocycles. The highest BCUT2D eigenvalue weighted by molar-refractivity contribution is 9.10. The maximum Gasteiger partial charge on any atom is 0.343 e. The van der Waals surface area contributed by atoms with Gasteiger partial charge in [0.15, 0.2) is 0 Å². The summed E-state index contributed by atoms with van der Waals surface area (Å²) < 4.78 is 7.63. The standard InChI is InChI=1S/C17H15BrN2O3/c1-3-20-9-12(17(22)23-4-2)16(21)11-8-13(18)10-6-5-7-19-14(10)15(11)20/h5-9H,3-4H2,1-2H3. The average Bonchev–Trinajstić information content (AvgIpc) is 2.56. The van der Waals surface area contributed by atoms with Gasteiger partial charge in [0.25, 0.3) is 0 Å². The normalized spacial score (nSPS) is 11.1. The molecule has 0 atom stereocenters. The quantitative estimate of drug-likeness (QED) is 0.519. The number of pyridine rings is 2. The van der Waals surface area contributed by atoms with Crippen LogP contribution in [0.5, 0.6) is 0 Å². The first-order valence-corrected chi connectivity index (χ1v) is 8.15. The van der Waals surface area contributed by atoms with Gasteiger partial charge in [-0.05, 0) is 26.0 Å². The topological polar surface area (TPSA) is 61.2 Å². The lowest BCUT2D eigenvalue weighted by Crippen LogP contribution is -2.21. The second kappa shape index (κ2) is 6.12. The lowest BCUT2D eigenvalue weighted by Gasteiger charge is -2.13. The van der Waals surface area contributed by atoms with Crippen LogP contribution in [-0.2, 0) is 11.3 Å². The number of ether oxygens (including phenoxy) is 1. The van der Waals surface area contributed by atoms with Crippen LogP contribution in [0, 0.1) is 0 Å². The van der Waals surface area contributed by atoms with Crippen molar-refractivity contribution in [1.29, 1.82) is 0 Å². The predicted octanol–water partition coefficient (Wildman–Crippen LogP) is 3.51. The number of fused-ring (bicyclic) bond motifs is 3. The number of nitrogens with zero attached hydrogens (tertiary/aromatic N) is 2.